The van der Waals surface area contributed by atoms with Crippen LogP contribution in [0.15, 0.2) is 23.4 Å². The van der Waals surface area contributed by atoms with Crippen LogP contribution in [0.5, 0.6) is 0 Å². The highest BCUT2D eigenvalue weighted by Crippen LogP contribution is 2.26. The first-order valence-electron chi connectivity index (χ1n) is 4.98. The van der Waals surface area contributed by atoms with E-state index in [0.29, 0.717) is 0 Å². The molecule has 1 fully saturated rings. The number of carboxylic acid groups (broad SMARTS) is 1. The van der Waals surface area contributed by atoms with Crippen LogP contribution >= 0.6 is 0 Å². The highest BCUT2D eigenvalue weighted by atomic mass is 32.2. The molecule has 1 aliphatic rings. The zero-order valence-electron chi connectivity index (χ0n) is 8.78. The van der Waals surface area contributed by atoms with Crippen molar-refractivity contribution in [3.05, 3.63) is 18.5 Å². The molecule has 17 heavy (non-hydrogen) atoms. The molecule has 0 aromatic carbocycles. The maximum Gasteiger partial charge on any atom is 0.322 e. The van der Waals surface area contributed by atoms with Gasteiger partial charge in [0.2, 0.25) is 10.0 Å². The van der Waals surface area contributed by atoms with Crippen LogP contribution in [0.4, 0.5) is 0 Å². The van der Waals surface area contributed by atoms with Crippen molar-refractivity contribution in [1.29, 1.82) is 0 Å². The molecule has 0 spiro atoms. The number of nitrogens with one attached hydrogen (secondary N) is 1. The fourth-order valence-corrected chi connectivity index (χ4v) is 3.49. The van der Waals surface area contributed by atoms with Crippen LogP contribution in [0.3, 0.4) is 0 Å². The first kappa shape index (κ1) is 12.1. The third kappa shape index (κ3) is 2.06. The molecule has 0 unspecified atom stereocenters. The Balaban J connectivity index is 2.36. The molecule has 1 aromatic heterocycles. The van der Waals surface area contributed by atoms with E-state index in [4.69, 9.17) is 5.11 Å². The van der Waals surface area contributed by atoms with Gasteiger partial charge in [-0.15, -0.1) is 0 Å². The summed E-state index contributed by atoms with van der Waals surface area (Å²) in [4.78, 5) is 13.5. The minimum atomic E-state index is -3.86. The Bertz CT molecular complexity index is 509. The number of rotatable bonds is 3. The van der Waals surface area contributed by atoms with Crippen molar-refractivity contribution in [2.24, 2.45) is 0 Å². The van der Waals surface area contributed by atoms with Crippen molar-refractivity contribution in [3.63, 3.8) is 0 Å². The van der Waals surface area contributed by atoms with Crippen LogP contribution in [-0.2, 0) is 14.8 Å². The number of carbonyl (C=O) groups is 1. The number of hydrogen-bond donors (Lipinski definition) is 3. The maximum atomic E-state index is 12.1. The molecule has 0 bridgehead atoms. The molecule has 1 aliphatic heterocycles. The van der Waals surface area contributed by atoms with Gasteiger partial charge in [-0.25, -0.2) is 8.42 Å². The molecular formula is C9H12N2O5S. The summed E-state index contributed by atoms with van der Waals surface area (Å²) >= 11 is 0. The van der Waals surface area contributed by atoms with Gasteiger partial charge in [0, 0.05) is 25.4 Å². The van der Waals surface area contributed by atoms with Crippen molar-refractivity contribution in [1.82, 2.24) is 9.29 Å². The standard InChI is InChI=1S/C9H12N2O5S/c12-6-3-8(9(13)14)11(5-6)17(15,16)7-1-2-10-4-7/h1-2,4,6,8,10,12H,3,5H2,(H,13,14)/t6-,8-/m0/s1. The highest BCUT2D eigenvalue weighted by Gasteiger charge is 2.43. The van der Waals surface area contributed by atoms with Crippen LogP contribution in [-0.4, -0.2) is 52.6 Å². The van der Waals surface area contributed by atoms with Gasteiger partial charge in [0.05, 0.1) is 11.0 Å². The van der Waals surface area contributed by atoms with E-state index in [2.05, 4.69) is 4.98 Å². The Labute approximate surface area is 97.7 Å². The van der Waals surface area contributed by atoms with Crippen molar-refractivity contribution in [2.45, 2.75) is 23.5 Å². The van der Waals surface area contributed by atoms with Gasteiger partial charge in [-0.2, -0.15) is 4.31 Å². The van der Waals surface area contributed by atoms with Gasteiger partial charge < -0.3 is 15.2 Å². The number of sulfonamides is 1. The van der Waals surface area contributed by atoms with Gasteiger partial charge in [0.25, 0.3) is 0 Å². The summed E-state index contributed by atoms with van der Waals surface area (Å²) in [6, 6.07) is 0.142. The van der Waals surface area contributed by atoms with Crippen molar-refractivity contribution in [3.8, 4) is 0 Å². The lowest BCUT2D eigenvalue weighted by molar-refractivity contribution is -0.140. The van der Waals surface area contributed by atoms with Gasteiger partial charge in [-0.05, 0) is 6.07 Å². The smallest absolute Gasteiger partial charge is 0.322 e. The summed E-state index contributed by atoms with van der Waals surface area (Å²) in [5.41, 5.74) is 0. The summed E-state index contributed by atoms with van der Waals surface area (Å²) in [5.74, 6) is -1.25. The fraction of sp³-hybridized carbons (Fsp3) is 0.444. The van der Waals surface area contributed by atoms with E-state index >= 15 is 0 Å². The number of aliphatic hydroxyl groups excluding tert-OH is 1. The van der Waals surface area contributed by atoms with Gasteiger partial charge in [0.1, 0.15) is 6.04 Å². The van der Waals surface area contributed by atoms with E-state index in [1.807, 2.05) is 0 Å². The number of H-pyrrole nitrogens is 1. The quantitative estimate of drug-likeness (QED) is 0.660. The summed E-state index contributed by atoms with van der Waals surface area (Å²) < 4.78 is 25.0. The SMILES string of the molecule is O=C(O)[C@@H]1C[C@H](O)CN1S(=O)(=O)c1cc[nH]c1. The minimum absolute atomic E-state index is 0.00199. The predicted molar refractivity (Wildman–Crippen MR) is 56.7 cm³/mol. The normalized spacial score (nSPS) is 26.2. The number of aliphatic carboxylic acids is 1. The van der Waals surface area contributed by atoms with Crippen molar-refractivity contribution >= 4 is 16.0 Å². The van der Waals surface area contributed by atoms with Crippen LogP contribution in [0.2, 0.25) is 0 Å². The van der Waals surface area contributed by atoms with Crippen LogP contribution in [0.1, 0.15) is 6.42 Å². The lowest BCUT2D eigenvalue weighted by Crippen LogP contribution is -2.40. The average Bonchev–Trinajstić information content (AvgIpc) is 2.84. The molecule has 8 heteroatoms. The molecule has 1 aromatic rings. The van der Waals surface area contributed by atoms with E-state index in [0.717, 1.165) is 4.31 Å². The van der Waals surface area contributed by atoms with Crippen molar-refractivity contribution < 1.29 is 23.4 Å². The van der Waals surface area contributed by atoms with Crippen LogP contribution in [0.25, 0.3) is 0 Å². The maximum absolute atomic E-state index is 12.1. The van der Waals surface area contributed by atoms with E-state index in [9.17, 15) is 18.3 Å². The van der Waals surface area contributed by atoms with E-state index in [1.165, 1.54) is 18.5 Å². The molecule has 94 valence electrons. The van der Waals surface area contributed by atoms with E-state index < -0.39 is 28.1 Å². The third-order valence-corrected chi connectivity index (χ3v) is 4.57. The number of carboxylic acids is 1. The Morgan fingerprint density at radius 1 is 1.53 bits per heavy atom. The van der Waals surface area contributed by atoms with Crippen LogP contribution in [0, 0.1) is 0 Å². The zero-order chi connectivity index (χ0) is 12.6. The van der Waals surface area contributed by atoms with E-state index in [1.54, 1.807) is 0 Å². The second-order valence-corrected chi connectivity index (χ2v) is 5.76. The van der Waals surface area contributed by atoms with Gasteiger partial charge in [-0.3, -0.25) is 4.79 Å². The molecule has 2 atom stereocenters. The second kappa shape index (κ2) is 4.13. The predicted octanol–water partition coefficient (Wildman–Crippen LogP) is -0.777. The monoisotopic (exact) mass is 260 g/mol. The molecule has 0 aliphatic carbocycles. The average molecular weight is 260 g/mol. The number of nitrogens with zero attached hydrogens (tertiary/aromatic N) is 1. The van der Waals surface area contributed by atoms with Gasteiger partial charge in [0.15, 0.2) is 0 Å². The molecule has 2 rings (SSSR count). The summed E-state index contributed by atoms with van der Waals surface area (Å²) in [7, 11) is -3.86. The number of aromatic amines is 1. The number of aliphatic hydroxyl groups is 1. The van der Waals surface area contributed by atoms with Gasteiger partial charge >= 0.3 is 5.97 Å². The molecule has 1 saturated heterocycles. The minimum Gasteiger partial charge on any atom is -0.480 e. The van der Waals surface area contributed by atoms with Crippen molar-refractivity contribution in [2.75, 3.05) is 6.54 Å². The molecule has 3 N–H and O–H groups in total. The number of aromatic nitrogens is 1. The molecule has 7 nitrogen and oxygen atoms in total. The first-order valence-corrected chi connectivity index (χ1v) is 6.42. The summed E-state index contributed by atoms with van der Waals surface area (Å²) in [5, 5.41) is 18.3. The summed E-state index contributed by atoms with van der Waals surface area (Å²) in [6.45, 7) is -0.190. The van der Waals surface area contributed by atoms with Crippen LogP contribution < -0.4 is 0 Å². The summed E-state index contributed by atoms with van der Waals surface area (Å²) in [6.07, 6.45) is 1.69. The fourth-order valence-electron chi connectivity index (χ4n) is 1.88. The Kier molecular flexibility index (Phi) is 2.94. The lowest BCUT2D eigenvalue weighted by atomic mass is 10.2. The first-order chi connectivity index (χ1) is 7.93. The second-order valence-electron chi connectivity index (χ2n) is 3.86. The number of β-amino-alcohol motifs (C(OH)–C–C–N with tert-alkyl or cyclic N) is 1. The topological polar surface area (TPSA) is 111 Å². The van der Waals surface area contributed by atoms with Gasteiger partial charge in [-0.1, -0.05) is 0 Å². The lowest BCUT2D eigenvalue weighted by Gasteiger charge is -2.19. The molecule has 0 saturated carbocycles. The molecule has 0 radical (unpaired) electrons. The Morgan fingerprint density at radius 2 is 2.24 bits per heavy atom. The Hall–Kier alpha value is -1.38. The molecule has 2 heterocycles. The molecular weight excluding hydrogens is 248 g/mol. The number of hydrogen-bond acceptors (Lipinski definition) is 4. The third-order valence-electron chi connectivity index (χ3n) is 2.69. The largest absolute Gasteiger partial charge is 0.480 e. The van der Waals surface area contributed by atoms with E-state index in [-0.39, 0.29) is 17.9 Å². The highest BCUT2D eigenvalue weighted by molar-refractivity contribution is 7.89. The zero-order valence-corrected chi connectivity index (χ0v) is 9.59. The Morgan fingerprint density at radius 3 is 2.76 bits per heavy atom. The molecule has 0 amide bonds.